The van der Waals surface area contributed by atoms with E-state index in [2.05, 4.69) is 4.98 Å². The van der Waals surface area contributed by atoms with E-state index in [-0.39, 0.29) is 30.0 Å². The standard InChI is InChI=1S/C12H12F2N2O3/c1-3-19-10(17)4-7-9(5-15)16-6-8(12(13)14)11(7)18-2/h6,12H,3-4H2,1-2H3. The van der Waals surface area contributed by atoms with Crippen molar-refractivity contribution in [1.82, 2.24) is 4.98 Å². The number of halogens is 2. The van der Waals surface area contributed by atoms with Gasteiger partial charge in [-0.3, -0.25) is 4.79 Å². The molecule has 0 unspecified atom stereocenters. The number of carbonyl (C=O) groups is 1. The molecule has 19 heavy (non-hydrogen) atoms. The maximum absolute atomic E-state index is 12.8. The van der Waals surface area contributed by atoms with Crippen LogP contribution >= 0.6 is 0 Å². The van der Waals surface area contributed by atoms with Gasteiger partial charge >= 0.3 is 5.97 Å². The lowest BCUT2D eigenvalue weighted by atomic mass is 10.1. The van der Waals surface area contributed by atoms with Crippen molar-refractivity contribution in [2.24, 2.45) is 0 Å². The summed E-state index contributed by atoms with van der Waals surface area (Å²) >= 11 is 0. The smallest absolute Gasteiger partial charge is 0.310 e. The Hall–Kier alpha value is -2.23. The van der Waals surface area contributed by atoms with Crippen molar-refractivity contribution >= 4 is 5.97 Å². The second-order valence-corrected chi connectivity index (χ2v) is 3.47. The molecule has 0 saturated carbocycles. The molecule has 0 aliphatic carbocycles. The molecule has 0 N–H and O–H groups in total. The first kappa shape index (κ1) is 14.8. The van der Waals surface area contributed by atoms with E-state index in [0.717, 1.165) is 6.20 Å². The van der Waals surface area contributed by atoms with E-state index in [1.165, 1.54) is 7.11 Å². The third kappa shape index (κ3) is 3.37. The quantitative estimate of drug-likeness (QED) is 0.765. The molecule has 5 nitrogen and oxygen atoms in total. The monoisotopic (exact) mass is 270 g/mol. The van der Waals surface area contributed by atoms with Crippen LogP contribution in [0.4, 0.5) is 8.78 Å². The predicted molar refractivity (Wildman–Crippen MR) is 60.8 cm³/mol. The number of rotatable bonds is 5. The molecule has 0 saturated heterocycles. The zero-order valence-corrected chi connectivity index (χ0v) is 10.4. The van der Waals surface area contributed by atoms with Crippen LogP contribution in [0.5, 0.6) is 5.75 Å². The number of methoxy groups -OCH3 is 1. The maximum Gasteiger partial charge on any atom is 0.310 e. The number of hydrogen-bond acceptors (Lipinski definition) is 5. The first-order valence-corrected chi connectivity index (χ1v) is 5.44. The van der Waals surface area contributed by atoms with Gasteiger partial charge in [0.1, 0.15) is 17.5 Å². The van der Waals surface area contributed by atoms with Gasteiger partial charge in [-0.15, -0.1) is 0 Å². The van der Waals surface area contributed by atoms with Gasteiger partial charge in [-0.1, -0.05) is 0 Å². The number of pyridine rings is 1. The van der Waals surface area contributed by atoms with Crippen molar-refractivity contribution in [2.45, 2.75) is 19.8 Å². The highest BCUT2D eigenvalue weighted by Gasteiger charge is 2.23. The normalized spacial score (nSPS) is 10.1. The van der Waals surface area contributed by atoms with Crippen LogP contribution in [-0.4, -0.2) is 24.7 Å². The van der Waals surface area contributed by atoms with E-state index in [9.17, 15) is 13.6 Å². The lowest BCUT2D eigenvalue weighted by Crippen LogP contribution is -2.12. The molecule has 0 fully saturated rings. The second kappa shape index (κ2) is 6.64. The minimum Gasteiger partial charge on any atom is -0.496 e. The topological polar surface area (TPSA) is 72.2 Å². The summed E-state index contributed by atoms with van der Waals surface area (Å²) in [5.74, 6) is -0.833. The Morgan fingerprint density at radius 3 is 2.74 bits per heavy atom. The average molecular weight is 270 g/mol. The van der Waals surface area contributed by atoms with Crippen LogP contribution in [0.1, 0.15) is 30.2 Å². The molecule has 1 aromatic heterocycles. The fourth-order valence-electron chi connectivity index (χ4n) is 1.57. The Kier molecular flexibility index (Phi) is 5.18. The Balaban J connectivity index is 3.28. The molecule has 0 aliphatic rings. The third-order valence-electron chi connectivity index (χ3n) is 2.33. The Morgan fingerprint density at radius 2 is 2.26 bits per heavy atom. The highest BCUT2D eigenvalue weighted by Crippen LogP contribution is 2.33. The predicted octanol–water partition coefficient (Wildman–Crippen LogP) is 2.01. The zero-order valence-electron chi connectivity index (χ0n) is 10.4. The fourth-order valence-corrected chi connectivity index (χ4v) is 1.57. The largest absolute Gasteiger partial charge is 0.496 e. The van der Waals surface area contributed by atoms with Gasteiger partial charge < -0.3 is 9.47 Å². The Bertz CT molecular complexity index is 512. The first-order chi connectivity index (χ1) is 9.04. The van der Waals surface area contributed by atoms with E-state index in [1.807, 2.05) is 0 Å². The van der Waals surface area contributed by atoms with E-state index in [0.29, 0.717) is 0 Å². The fraction of sp³-hybridized carbons (Fsp3) is 0.417. The van der Waals surface area contributed by atoms with Gasteiger partial charge in [0, 0.05) is 11.8 Å². The van der Waals surface area contributed by atoms with Gasteiger partial charge in [-0.2, -0.15) is 5.26 Å². The molecule has 0 spiro atoms. The van der Waals surface area contributed by atoms with Crippen molar-refractivity contribution < 1.29 is 23.0 Å². The molecular weight excluding hydrogens is 258 g/mol. The minimum atomic E-state index is -2.81. The number of ether oxygens (including phenoxy) is 2. The number of aromatic nitrogens is 1. The minimum absolute atomic E-state index is 0.0150. The van der Waals surface area contributed by atoms with Gasteiger partial charge in [0.05, 0.1) is 25.7 Å². The summed E-state index contributed by atoms with van der Waals surface area (Å²) in [6.07, 6.45) is -2.28. The number of carbonyl (C=O) groups excluding carboxylic acids is 1. The molecule has 1 heterocycles. The number of nitriles is 1. The summed E-state index contributed by atoms with van der Waals surface area (Å²) in [5.41, 5.74) is -0.573. The Labute approximate surface area is 108 Å². The van der Waals surface area contributed by atoms with Gasteiger partial charge in [-0.05, 0) is 6.92 Å². The van der Waals surface area contributed by atoms with Crippen LogP contribution in [0.2, 0.25) is 0 Å². The molecule has 0 atom stereocenters. The molecule has 102 valence electrons. The number of alkyl halides is 2. The highest BCUT2D eigenvalue weighted by atomic mass is 19.3. The summed E-state index contributed by atoms with van der Waals surface area (Å²) < 4.78 is 35.2. The molecule has 1 rings (SSSR count). The van der Waals surface area contributed by atoms with Crippen LogP contribution in [0.3, 0.4) is 0 Å². The van der Waals surface area contributed by atoms with Gasteiger partial charge in [0.2, 0.25) is 0 Å². The summed E-state index contributed by atoms with van der Waals surface area (Å²) in [4.78, 5) is 15.0. The number of nitrogens with zero attached hydrogens (tertiary/aromatic N) is 2. The molecule has 7 heteroatoms. The van der Waals surface area contributed by atoms with Gasteiger partial charge in [0.15, 0.2) is 0 Å². The van der Waals surface area contributed by atoms with Crippen LogP contribution in [0.15, 0.2) is 6.20 Å². The lowest BCUT2D eigenvalue weighted by molar-refractivity contribution is -0.142. The molecule has 1 aromatic rings. The van der Waals surface area contributed by atoms with Crippen molar-refractivity contribution in [3.63, 3.8) is 0 Å². The molecule has 0 amide bonds. The van der Waals surface area contributed by atoms with Crippen LogP contribution in [0.25, 0.3) is 0 Å². The molecule has 0 bridgehead atoms. The summed E-state index contributed by atoms with van der Waals surface area (Å²) in [7, 11) is 1.19. The van der Waals surface area contributed by atoms with E-state index in [1.54, 1.807) is 13.0 Å². The van der Waals surface area contributed by atoms with Crippen LogP contribution < -0.4 is 4.74 Å². The first-order valence-electron chi connectivity index (χ1n) is 5.44. The van der Waals surface area contributed by atoms with Gasteiger partial charge in [0.25, 0.3) is 6.43 Å². The van der Waals surface area contributed by atoms with Crippen LogP contribution in [0, 0.1) is 11.3 Å². The SMILES string of the molecule is CCOC(=O)Cc1c(C#N)ncc(C(F)F)c1OC. The second-order valence-electron chi connectivity index (χ2n) is 3.47. The lowest BCUT2D eigenvalue weighted by Gasteiger charge is -2.13. The highest BCUT2D eigenvalue weighted by molar-refractivity contribution is 5.74. The molecule has 0 radical (unpaired) electrons. The van der Waals surface area contributed by atoms with Crippen molar-refractivity contribution in [3.8, 4) is 11.8 Å². The van der Waals surface area contributed by atoms with Crippen molar-refractivity contribution in [3.05, 3.63) is 23.0 Å². The summed E-state index contributed by atoms with van der Waals surface area (Å²) in [5, 5.41) is 8.90. The zero-order chi connectivity index (χ0) is 14.4. The van der Waals surface area contributed by atoms with E-state index < -0.39 is 18.0 Å². The summed E-state index contributed by atoms with van der Waals surface area (Å²) in [6, 6.07) is 1.74. The molecule has 0 aliphatic heterocycles. The van der Waals surface area contributed by atoms with Crippen molar-refractivity contribution in [2.75, 3.05) is 13.7 Å². The third-order valence-corrected chi connectivity index (χ3v) is 2.33. The van der Waals surface area contributed by atoms with E-state index >= 15 is 0 Å². The number of esters is 1. The van der Waals surface area contributed by atoms with E-state index in [4.69, 9.17) is 14.7 Å². The molecular formula is C12H12F2N2O3. The van der Waals surface area contributed by atoms with Gasteiger partial charge in [-0.25, -0.2) is 13.8 Å². The van der Waals surface area contributed by atoms with Crippen LogP contribution in [-0.2, 0) is 16.0 Å². The average Bonchev–Trinajstić information content (AvgIpc) is 2.38. The summed E-state index contributed by atoms with van der Waals surface area (Å²) in [6.45, 7) is 1.78. The Morgan fingerprint density at radius 1 is 1.58 bits per heavy atom. The van der Waals surface area contributed by atoms with Crippen molar-refractivity contribution in [1.29, 1.82) is 5.26 Å². The maximum atomic E-state index is 12.8. The number of hydrogen-bond donors (Lipinski definition) is 0. The molecule has 0 aromatic carbocycles.